The predicted molar refractivity (Wildman–Crippen MR) is 110 cm³/mol. The van der Waals surface area contributed by atoms with E-state index in [9.17, 15) is 10.1 Å². The van der Waals surface area contributed by atoms with Crippen molar-refractivity contribution >= 4 is 29.6 Å². The first-order valence-electron chi connectivity index (χ1n) is 10.7. The fourth-order valence-electron chi connectivity index (χ4n) is 5.95. The summed E-state index contributed by atoms with van der Waals surface area (Å²) in [5, 5.41) is 17.3. The highest BCUT2D eigenvalue weighted by Crippen LogP contribution is 2.45. The molecule has 4 aliphatic rings. The maximum Gasteiger partial charge on any atom is 0.210 e. The summed E-state index contributed by atoms with van der Waals surface area (Å²) >= 11 is 13.2. The van der Waals surface area contributed by atoms with E-state index < -0.39 is 0 Å². The average Bonchev–Trinajstić information content (AvgIpc) is 2.73. The molecule has 0 aromatic carbocycles. The van der Waals surface area contributed by atoms with Crippen LogP contribution in [0.1, 0.15) is 38.5 Å². The Labute approximate surface area is 177 Å². The second-order valence-corrected chi connectivity index (χ2v) is 10.1. The third kappa shape index (κ3) is 4.15. The molecule has 2 N–H and O–H groups in total. The topological polar surface area (TPSA) is 71.4 Å². The molecule has 0 aromatic rings. The first kappa shape index (κ1) is 20.7. The predicted octanol–water partition coefficient (Wildman–Crippen LogP) is 1.93. The zero-order valence-corrected chi connectivity index (χ0v) is 17.8. The highest BCUT2D eigenvalue weighted by molar-refractivity contribution is 6.21. The van der Waals surface area contributed by atoms with E-state index in [1.165, 1.54) is 12.8 Å². The van der Waals surface area contributed by atoms with Gasteiger partial charge in [0, 0.05) is 49.0 Å². The van der Waals surface area contributed by atoms with Crippen molar-refractivity contribution in [3.8, 4) is 6.07 Å². The molecule has 2 saturated carbocycles. The molecule has 0 radical (unpaired) electrons. The molecule has 2 aliphatic carbocycles. The summed E-state index contributed by atoms with van der Waals surface area (Å²) in [5.74, 6) is 1.70. The number of carbonyl (C=O) groups is 1. The lowest BCUT2D eigenvalue weighted by molar-refractivity contribution is -0.122. The first-order chi connectivity index (χ1) is 13.6. The molecular weight excluding hydrogens is 397 g/mol. The van der Waals surface area contributed by atoms with Gasteiger partial charge in [-0.25, -0.2) is 0 Å². The Bertz CT molecular complexity index is 594. The third-order valence-corrected chi connectivity index (χ3v) is 8.46. The van der Waals surface area contributed by atoms with E-state index in [2.05, 4.69) is 21.6 Å². The lowest BCUT2D eigenvalue weighted by Gasteiger charge is -2.53. The van der Waals surface area contributed by atoms with Gasteiger partial charge in [0.05, 0.1) is 12.2 Å². The molecule has 0 spiro atoms. The quantitative estimate of drug-likeness (QED) is 0.531. The highest BCUT2D eigenvalue weighted by Gasteiger charge is 2.47. The molecule has 2 saturated heterocycles. The number of hydrogen-bond donors (Lipinski definition) is 2. The van der Waals surface area contributed by atoms with E-state index in [1.54, 1.807) is 4.90 Å². The van der Waals surface area contributed by atoms with Crippen molar-refractivity contribution < 1.29 is 4.79 Å². The molecule has 28 heavy (non-hydrogen) atoms. The fourth-order valence-corrected chi connectivity index (χ4v) is 6.71. The zero-order valence-electron chi connectivity index (χ0n) is 16.3. The molecule has 6 atom stereocenters. The van der Waals surface area contributed by atoms with Gasteiger partial charge in [-0.05, 0) is 50.4 Å². The van der Waals surface area contributed by atoms with Crippen molar-refractivity contribution in [2.24, 2.45) is 17.8 Å². The largest absolute Gasteiger partial charge is 0.327 e. The van der Waals surface area contributed by atoms with Gasteiger partial charge in [-0.15, -0.1) is 23.2 Å². The number of piperazine rings is 1. The minimum Gasteiger partial charge on any atom is -0.327 e. The third-order valence-electron chi connectivity index (χ3n) is 7.52. The van der Waals surface area contributed by atoms with Crippen LogP contribution in [0.2, 0.25) is 0 Å². The lowest BCUT2D eigenvalue weighted by Crippen LogP contribution is -2.68. The Morgan fingerprint density at radius 1 is 1.04 bits per heavy atom. The van der Waals surface area contributed by atoms with E-state index in [1.807, 2.05) is 0 Å². The van der Waals surface area contributed by atoms with Gasteiger partial charge in [0.2, 0.25) is 6.41 Å². The summed E-state index contributed by atoms with van der Waals surface area (Å²) in [4.78, 5) is 15.2. The molecule has 8 heteroatoms. The molecule has 5 unspecified atom stereocenters. The number of nitrogens with zero attached hydrogens (tertiary/aromatic N) is 3. The first-order valence-corrected chi connectivity index (χ1v) is 11.6. The van der Waals surface area contributed by atoms with Crippen molar-refractivity contribution in [1.82, 2.24) is 20.4 Å². The molecule has 0 bridgehead atoms. The van der Waals surface area contributed by atoms with Crippen LogP contribution in [0.4, 0.5) is 0 Å². The number of rotatable bonds is 3. The lowest BCUT2D eigenvalue weighted by atomic mass is 9.67. The molecule has 6 nitrogen and oxygen atoms in total. The maximum absolute atomic E-state index is 11.2. The van der Waals surface area contributed by atoms with Crippen LogP contribution in [0.15, 0.2) is 0 Å². The summed E-state index contributed by atoms with van der Waals surface area (Å²) in [5.41, 5.74) is 0. The maximum atomic E-state index is 11.2. The van der Waals surface area contributed by atoms with Crippen LogP contribution in [-0.4, -0.2) is 71.5 Å². The van der Waals surface area contributed by atoms with Crippen LogP contribution in [0, 0.1) is 29.1 Å². The van der Waals surface area contributed by atoms with Crippen molar-refractivity contribution in [3.05, 3.63) is 0 Å². The summed E-state index contributed by atoms with van der Waals surface area (Å²) in [6.45, 7) is 2.81. The molecule has 4 fully saturated rings. The summed E-state index contributed by atoms with van der Waals surface area (Å²) in [6, 6.07) is 2.35. The van der Waals surface area contributed by atoms with Gasteiger partial charge < -0.3 is 10.2 Å². The number of fused-ring (bicyclic) bond motifs is 1. The number of amides is 1. The second kappa shape index (κ2) is 9.06. The molecule has 2 aliphatic heterocycles. The van der Waals surface area contributed by atoms with Gasteiger partial charge in [-0.3, -0.25) is 15.0 Å². The number of carbonyl (C=O) groups excluding carboxylic acids is 1. The van der Waals surface area contributed by atoms with Crippen LogP contribution >= 0.6 is 23.2 Å². The van der Waals surface area contributed by atoms with Crippen LogP contribution < -0.4 is 10.6 Å². The Hall–Kier alpha value is -0.580. The molecule has 156 valence electrons. The number of halogens is 2. The minimum absolute atomic E-state index is 0.225. The summed E-state index contributed by atoms with van der Waals surface area (Å²) in [7, 11) is 0. The number of nitriles is 1. The van der Waals surface area contributed by atoms with Crippen LogP contribution in [-0.2, 0) is 4.79 Å². The van der Waals surface area contributed by atoms with Gasteiger partial charge in [-0.2, -0.15) is 5.26 Å². The van der Waals surface area contributed by atoms with Crippen molar-refractivity contribution in [1.29, 1.82) is 5.26 Å². The van der Waals surface area contributed by atoms with Gasteiger partial charge in [0.15, 0.2) is 0 Å². The van der Waals surface area contributed by atoms with Gasteiger partial charge in [0.1, 0.15) is 6.04 Å². The summed E-state index contributed by atoms with van der Waals surface area (Å²) < 4.78 is 0. The SMILES string of the molecule is N#C[C@@H]1CN(C2NCNC3CC(Cl)C(C4CCC(Cl)CC4)CC32)CCN1C=O. The Kier molecular flexibility index (Phi) is 6.69. The molecular formula is C20H31Cl2N5O. The normalized spacial score (nSPS) is 45.1. The molecule has 4 rings (SSSR count). The Morgan fingerprint density at radius 3 is 2.54 bits per heavy atom. The van der Waals surface area contributed by atoms with Gasteiger partial charge in [-0.1, -0.05) is 0 Å². The number of alkyl halides is 2. The fraction of sp³-hybridized carbons (Fsp3) is 0.900. The van der Waals surface area contributed by atoms with Gasteiger partial charge in [0.25, 0.3) is 0 Å². The van der Waals surface area contributed by atoms with Crippen LogP contribution in [0.5, 0.6) is 0 Å². The molecule has 0 aromatic heterocycles. The van der Waals surface area contributed by atoms with E-state index in [-0.39, 0.29) is 17.6 Å². The van der Waals surface area contributed by atoms with Crippen LogP contribution in [0.3, 0.4) is 0 Å². The van der Waals surface area contributed by atoms with E-state index in [4.69, 9.17) is 23.2 Å². The Balaban J connectivity index is 1.46. The van der Waals surface area contributed by atoms with Gasteiger partial charge >= 0.3 is 0 Å². The smallest absolute Gasteiger partial charge is 0.210 e. The van der Waals surface area contributed by atoms with E-state index in [0.717, 1.165) is 45.3 Å². The minimum atomic E-state index is -0.361. The molecule has 1 amide bonds. The highest BCUT2D eigenvalue weighted by atomic mass is 35.5. The van der Waals surface area contributed by atoms with Crippen molar-refractivity contribution in [2.45, 2.75) is 67.5 Å². The van der Waals surface area contributed by atoms with Crippen molar-refractivity contribution in [3.63, 3.8) is 0 Å². The van der Waals surface area contributed by atoms with E-state index >= 15 is 0 Å². The monoisotopic (exact) mass is 427 g/mol. The second-order valence-electron chi connectivity index (χ2n) is 8.95. The standard InChI is InChI=1S/C20H31Cl2N5O/c21-14-3-1-13(2-4-14)16-7-17-19(8-18(16)22)24-11-25-20(17)26-5-6-27(12-28)15(9-23)10-26/h12-20,24-25H,1-8,10-11H2/t13?,14?,15-,16?,17?,18?,19?,20?/m1/s1. The molecule has 2 heterocycles. The Morgan fingerprint density at radius 2 is 1.82 bits per heavy atom. The van der Waals surface area contributed by atoms with Crippen molar-refractivity contribution in [2.75, 3.05) is 26.3 Å². The van der Waals surface area contributed by atoms with E-state index in [0.29, 0.717) is 42.3 Å². The van der Waals surface area contributed by atoms with Crippen LogP contribution in [0.25, 0.3) is 0 Å². The average molecular weight is 428 g/mol. The number of nitrogens with one attached hydrogen (secondary N) is 2. The summed E-state index contributed by atoms with van der Waals surface area (Å²) in [6.07, 6.45) is 7.78. The number of hydrogen-bond acceptors (Lipinski definition) is 5. The zero-order chi connectivity index (χ0) is 19.7.